The normalized spacial score (nSPS) is 39.6. The van der Waals surface area contributed by atoms with Crippen LogP contribution in [0.2, 0.25) is 0 Å². The summed E-state index contributed by atoms with van der Waals surface area (Å²) in [6.07, 6.45) is -12.6. The number of rotatable bonds is 6. The van der Waals surface area contributed by atoms with Crippen molar-refractivity contribution in [1.29, 1.82) is 0 Å². The van der Waals surface area contributed by atoms with E-state index in [9.17, 15) is 30.6 Å². The van der Waals surface area contributed by atoms with Crippen LogP contribution in [0.5, 0.6) is 0 Å². The van der Waals surface area contributed by atoms with Gasteiger partial charge in [-0.05, 0) is 13.8 Å². The molecule has 1 saturated heterocycles. The maximum absolute atomic E-state index is 9.80. The molecule has 1 aliphatic rings. The molecular weight excluding hydrogens is 288 g/mol. The minimum Gasteiger partial charge on any atom is -0.394 e. The Morgan fingerprint density at radius 3 is 1.95 bits per heavy atom. The second kappa shape index (κ2) is 7.77. The van der Waals surface area contributed by atoms with Crippen LogP contribution in [-0.4, -0.2) is 97.5 Å². The SMILES string of the molecule is CC(O)C(O)C(O[C@@H]1O[C@H](CO)[C@H](O)[C@H](O)[C@H]1O)C(C)O. The molecule has 1 rings (SSSR count). The fourth-order valence-electron chi connectivity index (χ4n) is 2.09. The zero-order chi connectivity index (χ0) is 16.3. The van der Waals surface area contributed by atoms with E-state index in [1.54, 1.807) is 0 Å². The van der Waals surface area contributed by atoms with Gasteiger partial charge in [0.15, 0.2) is 6.29 Å². The van der Waals surface area contributed by atoms with Gasteiger partial charge in [0.1, 0.15) is 36.6 Å². The van der Waals surface area contributed by atoms with Crippen LogP contribution >= 0.6 is 0 Å². The van der Waals surface area contributed by atoms with E-state index in [1.165, 1.54) is 13.8 Å². The van der Waals surface area contributed by atoms with Gasteiger partial charge in [0.25, 0.3) is 0 Å². The van der Waals surface area contributed by atoms with E-state index in [0.717, 1.165) is 0 Å². The molecule has 9 nitrogen and oxygen atoms in total. The van der Waals surface area contributed by atoms with Gasteiger partial charge < -0.3 is 45.2 Å². The first-order chi connectivity index (χ1) is 9.70. The van der Waals surface area contributed by atoms with Gasteiger partial charge in [0.05, 0.1) is 18.8 Å². The van der Waals surface area contributed by atoms with Crippen LogP contribution < -0.4 is 0 Å². The molecule has 0 bridgehead atoms. The molecule has 21 heavy (non-hydrogen) atoms. The van der Waals surface area contributed by atoms with Gasteiger partial charge in [0, 0.05) is 0 Å². The Labute approximate surface area is 122 Å². The van der Waals surface area contributed by atoms with E-state index in [0.29, 0.717) is 0 Å². The maximum Gasteiger partial charge on any atom is 0.187 e. The van der Waals surface area contributed by atoms with Crippen molar-refractivity contribution < 1.29 is 45.2 Å². The lowest BCUT2D eigenvalue weighted by molar-refractivity contribution is -0.325. The van der Waals surface area contributed by atoms with E-state index in [-0.39, 0.29) is 0 Å². The topological polar surface area (TPSA) is 160 Å². The highest BCUT2D eigenvalue weighted by Gasteiger charge is 2.46. The molecule has 9 heteroatoms. The van der Waals surface area contributed by atoms with E-state index in [4.69, 9.17) is 14.6 Å². The highest BCUT2D eigenvalue weighted by atomic mass is 16.7. The lowest BCUT2D eigenvalue weighted by atomic mass is 9.98. The average Bonchev–Trinajstić information content (AvgIpc) is 2.43. The van der Waals surface area contributed by atoms with Crippen LogP contribution in [0.3, 0.4) is 0 Å². The third kappa shape index (κ3) is 4.31. The number of ether oxygens (including phenoxy) is 2. The van der Waals surface area contributed by atoms with Gasteiger partial charge in [-0.3, -0.25) is 0 Å². The highest BCUT2D eigenvalue weighted by molar-refractivity contribution is 4.90. The monoisotopic (exact) mass is 312 g/mol. The summed E-state index contributed by atoms with van der Waals surface area (Å²) in [6, 6.07) is 0. The quantitative estimate of drug-likeness (QED) is 0.262. The first-order valence-corrected chi connectivity index (χ1v) is 6.70. The standard InChI is InChI=1S/C12H24O9/c1-4(14)7(16)11(5(2)15)21-12-10(19)9(18)8(17)6(3-13)20-12/h4-19H,3H2,1-2H3/t4?,5?,6-,7?,8+,9+,10-,11?,12+/m1/s1. The Morgan fingerprint density at radius 1 is 0.952 bits per heavy atom. The van der Waals surface area contributed by atoms with Crippen molar-refractivity contribution in [2.24, 2.45) is 0 Å². The second-order valence-corrected chi connectivity index (χ2v) is 5.27. The largest absolute Gasteiger partial charge is 0.394 e. The van der Waals surface area contributed by atoms with Crippen LogP contribution in [-0.2, 0) is 9.47 Å². The first-order valence-electron chi connectivity index (χ1n) is 6.70. The summed E-state index contributed by atoms with van der Waals surface area (Å²) in [5.74, 6) is 0. The molecule has 1 aliphatic heterocycles. The molecular formula is C12H24O9. The zero-order valence-electron chi connectivity index (χ0n) is 11.9. The Hall–Kier alpha value is -0.360. The van der Waals surface area contributed by atoms with Crippen molar-refractivity contribution in [1.82, 2.24) is 0 Å². The van der Waals surface area contributed by atoms with Crippen LogP contribution in [0.1, 0.15) is 13.8 Å². The summed E-state index contributed by atoms with van der Waals surface area (Å²) in [5.41, 5.74) is 0. The Kier molecular flexibility index (Phi) is 6.91. The van der Waals surface area contributed by atoms with E-state index < -0.39 is 61.7 Å². The molecule has 4 unspecified atom stereocenters. The Balaban J connectivity index is 2.82. The molecule has 0 saturated carbocycles. The van der Waals surface area contributed by atoms with Gasteiger partial charge in [-0.15, -0.1) is 0 Å². The summed E-state index contributed by atoms with van der Waals surface area (Å²) >= 11 is 0. The fraction of sp³-hybridized carbons (Fsp3) is 1.00. The summed E-state index contributed by atoms with van der Waals surface area (Å²) in [5, 5.41) is 66.8. The molecule has 0 amide bonds. The zero-order valence-corrected chi connectivity index (χ0v) is 11.9. The minimum atomic E-state index is -1.65. The molecule has 0 aromatic heterocycles. The number of aliphatic hydroxyl groups is 7. The van der Waals surface area contributed by atoms with Crippen LogP contribution in [0, 0.1) is 0 Å². The molecule has 1 heterocycles. The minimum absolute atomic E-state index is 0.622. The fourth-order valence-corrected chi connectivity index (χ4v) is 2.09. The third-order valence-electron chi connectivity index (χ3n) is 3.45. The van der Waals surface area contributed by atoms with Crippen LogP contribution in [0.25, 0.3) is 0 Å². The van der Waals surface area contributed by atoms with Gasteiger partial charge in [-0.2, -0.15) is 0 Å². The molecule has 0 aromatic rings. The molecule has 1 fully saturated rings. The lowest BCUT2D eigenvalue weighted by Crippen LogP contribution is -2.61. The van der Waals surface area contributed by atoms with Crippen LogP contribution in [0.15, 0.2) is 0 Å². The summed E-state index contributed by atoms with van der Waals surface area (Å²) < 4.78 is 10.3. The van der Waals surface area contributed by atoms with Gasteiger partial charge in [-0.25, -0.2) is 0 Å². The third-order valence-corrected chi connectivity index (χ3v) is 3.45. The van der Waals surface area contributed by atoms with Crippen molar-refractivity contribution in [3.05, 3.63) is 0 Å². The molecule has 0 aromatic carbocycles. The molecule has 7 N–H and O–H groups in total. The summed E-state index contributed by atoms with van der Waals surface area (Å²) in [7, 11) is 0. The second-order valence-electron chi connectivity index (χ2n) is 5.27. The van der Waals surface area contributed by atoms with Crippen molar-refractivity contribution in [2.45, 2.75) is 69.0 Å². The number of hydrogen-bond acceptors (Lipinski definition) is 9. The van der Waals surface area contributed by atoms with Crippen molar-refractivity contribution in [3.63, 3.8) is 0 Å². The molecule has 0 spiro atoms. The molecule has 0 aliphatic carbocycles. The van der Waals surface area contributed by atoms with Crippen molar-refractivity contribution in [2.75, 3.05) is 6.61 Å². The van der Waals surface area contributed by atoms with Gasteiger partial charge >= 0.3 is 0 Å². The maximum atomic E-state index is 9.80. The molecule has 126 valence electrons. The van der Waals surface area contributed by atoms with Crippen molar-refractivity contribution in [3.8, 4) is 0 Å². The molecule has 9 atom stereocenters. The summed E-state index contributed by atoms with van der Waals surface area (Å²) in [6.45, 7) is 1.97. The number of hydrogen-bond donors (Lipinski definition) is 7. The average molecular weight is 312 g/mol. The molecule has 0 radical (unpaired) electrons. The van der Waals surface area contributed by atoms with Gasteiger partial charge in [0.2, 0.25) is 0 Å². The highest BCUT2D eigenvalue weighted by Crippen LogP contribution is 2.24. The first kappa shape index (κ1) is 18.7. The predicted octanol–water partition coefficient (Wildman–Crippen LogP) is -3.71. The summed E-state index contributed by atoms with van der Waals surface area (Å²) in [4.78, 5) is 0. The van der Waals surface area contributed by atoms with Gasteiger partial charge in [-0.1, -0.05) is 0 Å². The Morgan fingerprint density at radius 2 is 1.52 bits per heavy atom. The lowest BCUT2D eigenvalue weighted by Gasteiger charge is -2.42. The van der Waals surface area contributed by atoms with Crippen molar-refractivity contribution >= 4 is 0 Å². The predicted molar refractivity (Wildman–Crippen MR) is 68.0 cm³/mol. The smallest absolute Gasteiger partial charge is 0.187 e. The van der Waals surface area contributed by atoms with Crippen LogP contribution in [0.4, 0.5) is 0 Å². The van der Waals surface area contributed by atoms with E-state index in [2.05, 4.69) is 0 Å². The van der Waals surface area contributed by atoms with E-state index >= 15 is 0 Å². The number of aliphatic hydroxyl groups excluding tert-OH is 7. The Bertz CT molecular complexity index is 309. The van der Waals surface area contributed by atoms with E-state index in [1.807, 2.05) is 0 Å².